The molecule has 0 aliphatic carbocycles. The molecule has 0 amide bonds. The Kier molecular flexibility index (Phi) is 6.21. The Hall–Kier alpha value is -0.910. The van der Waals surface area contributed by atoms with Crippen LogP contribution in [0, 0.1) is 5.92 Å². The summed E-state index contributed by atoms with van der Waals surface area (Å²) >= 11 is 5.98. The van der Waals surface area contributed by atoms with Gasteiger partial charge in [0.05, 0.1) is 0 Å². The molecule has 0 saturated carbocycles. The Morgan fingerprint density at radius 2 is 2.29 bits per heavy atom. The van der Waals surface area contributed by atoms with Crippen LogP contribution in [0.15, 0.2) is 18.2 Å². The minimum absolute atomic E-state index is 0.213. The molecule has 0 spiro atoms. The Balaban J connectivity index is 2.05. The van der Waals surface area contributed by atoms with E-state index in [1.165, 1.54) is 12.5 Å². The van der Waals surface area contributed by atoms with Crippen LogP contribution in [0.1, 0.15) is 18.4 Å². The number of halogens is 3. The number of nitrogens with zero attached hydrogens (tertiary/aromatic N) is 1. The van der Waals surface area contributed by atoms with Gasteiger partial charge in [-0.05, 0) is 57.1 Å². The van der Waals surface area contributed by atoms with Crippen LogP contribution < -0.4 is 10.1 Å². The topological polar surface area (TPSA) is 24.5 Å². The van der Waals surface area contributed by atoms with Gasteiger partial charge in [0.15, 0.2) is 0 Å². The van der Waals surface area contributed by atoms with Gasteiger partial charge < -0.3 is 10.1 Å². The van der Waals surface area contributed by atoms with Crippen LogP contribution in [0.4, 0.5) is 8.78 Å². The summed E-state index contributed by atoms with van der Waals surface area (Å²) in [5.74, 6) is 0.813. The second-order valence-corrected chi connectivity index (χ2v) is 5.87. The van der Waals surface area contributed by atoms with Crippen LogP contribution in [0.5, 0.6) is 5.75 Å². The highest BCUT2D eigenvalue weighted by Crippen LogP contribution is 2.27. The summed E-state index contributed by atoms with van der Waals surface area (Å²) in [4.78, 5) is 2.27. The smallest absolute Gasteiger partial charge is 0.387 e. The molecule has 1 heterocycles. The maximum Gasteiger partial charge on any atom is 0.387 e. The molecule has 1 saturated heterocycles. The van der Waals surface area contributed by atoms with E-state index >= 15 is 0 Å². The van der Waals surface area contributed by atoms with Crippen molar-refractivity contribution in [3.05, 3.63) is 28.8 Å². The molecule has 1 N–H and O–H groups in total. The average molecular weight is 319 g/mol. The van der Waals surface area contributed by atoms with Crippen molar-refractivity contribution in [3.63, 3.8) is 0 Å². The van der Waals surface area contributed by atoms with E-state index in [0.717, 1.165) is 26.1 Å². The van der Waals surface area contributed by atoms with Crippen molar-refractivity contribution in [2.24, 2.45) is 5.92 Å². The highest BCUT2D eigenvalue weighted by molar-refractivity contribution is 6.30. The number of rotatable bonds is 6. The summed E-state index contributed by atoms with van der Waals surface area (Å²) in [7, 11) is 1.95. The lowest BCUT2D eigenvalue weighted by molar-refractivity contribution is -0.0508. The van der Waals surface area contributed by atoms with E-state index in [2.05, 4.69) is 15.0 Å². The van der Waals surface area contributed by atoms with Gasteiger partial charge in [-0.25, -0.2) is 0 Å². The molecule has 3 nitrogen and oxygen atoms in total. The molecule has 0 radical (unpaired) electrons. The zero-order chi connectivity index (χ0) is 15.2. The Bertz CT molecular complexity index is 457. The summed E-state index contributed by atoms with van der Waals surface area (Å²) < 4.78 is 29.5. The van der Waals surface area contributed by atoms with E-state index in [9.17, 15) is 8.78 Å². The first kappa shape index (κ1) is 16.5. The Labute approximate surface area is 129 Å². The van der Waals surface area contributed by atoms with Gasteiger partial charge in [-0.1, -0.05) is 11.6 Å². The van der Waals surface area contributed by atoms with Crippen molar-refractivity contribution in [1.82, 2.24) is 10.2 Å². The molecule has 118 valence electrons. The van der Waals surface area contributed by atoms with Gasteiger partial charge in [-0.3, -0.25) is 4.90 Å². The van der Waals surface area contributed by atoms with E-state index < -0.39 is 6.61 Å². The normalized spacial score (nSPS) is 20.0. The number of alkyl halides is 2. The molecule has 0 bridgehead atoms. The molecule has 0 aromatic heterocycles. The Morgan fingerprint density at radius 3 is 3.00 bits per heavy atom. The monoisotopic (exact) mass is 318 g/mol. The van der Waals surface area contributed by atoms with Crippen molar-refractivity contribution >= 4 is 11.6 Å². The van der Waals surface area contributed by atoms with Crippen LogP contribution in [-0.4, -0.2) is 38.2 Å². The number of piperidine rings is 1. The number of nitrogens with one attached hydrogen (secondary N) is 1. The van der Waals surface area contributed by atoms with Gasteiger partial charge in [0, 0.05) is 23.7 Å². The minimum atomic E-state index is -2.82. The first-order chi connectivity index (χ1) is 10.1. The van der Waals surface area contributed by atoms with Crippen molar-refractivity contribution in [1.29, 1.82) is 0 Å². The highest BCUT2D eigenvalue weighted by Gasteiger charge is 2.21. The van der Waals surface area contributed by atoms with Gasteiger partial charge >= 0.3 is 6.61 Å². The number of likely N-dealkylation sites (tertiary alicyclic amines) is 1. The molecule has 1 atom stereocenters. The fourth-order valence-corrected chi connectivity index (χ4v) is 3.07. The molecule has 2 rings (SSSR count). The lowest BCUT2D eigenvalue weighted by atomic mass is 9.97. The van der Waals surface area contributed by atoms with Crippen molar-refractivity contribution in [2.45, 2.75) is 26.0 Å². The minimum Gasteiger partial charge on any atom is -0.434 e. The zero-order valence-corrected chi connectivity index (χ0v) is 12.9. The van der Waals surface area contributed by atoms with Gasteiger partial charge in [0.1, 0.15) is 5.75 Å². The molecule has 1 aliphatic rings. The van der Waals surface area contributed by atoms with Gasteiger partial charge in [0.2, 0.25) is 0 Å². The lowest BCUT2D eigenvalue weighted by Crippen LogP contribution is -2.38. The third-order valence-electron chi connectivity index (χ3n) is 3.73. The molecule has 1 aromatic carbocycles. The van der Waals surface area contributed by atoms with Crippen LogP contribution in [-0.2, 0) is 6.54 Å². The predicted molar refractivity (Wildman–Crippen MR) is 80.0 cm³/mol. The predicted octanol–water partition coefficient (Wildman–Crippen LogP) is 3.37. The van der Waals surface area contributed by atoms with E-state index in [1.54, 1.807) is 12.1 Å². The third-order valence-corrected chi connectivity index (χ3v) is 3.96. The summed E-state index contributed by atoms with van der Waals surface area (Å²) in [6, 6.07) is 4.79. The second kappa shape index (κ2) is 7.92. The second-order valence-electron chi connectivity index (χ2n) is 5.43. The Morgan fingerprint density at radius 1 is 1.48 bits per heavy atom. The molecular formula is C15H21ClF2N2O. The summed E-state index contributed by atoms with van der Waals surface area (Å²) in [6.45, 7) is 0.681. The maximum absolute atomic E-state index is 12.5. The first-order valence-electron chi connectivity index (χ1n) is 7.18. The van der Waals surface area contributed by atoms with Crippen LogP contribution >= 0.6 is 11.6 Å². The van der Waals surface area contributed by atoms with Gasteiger partial charge in [-0.15, -0.1) is 0 Å². The number of benzene rings is 1. The first-order valence-corrected chi connectivity index (χ1v) is 7.56. The van der Waals surface area contributed by atoms with E-state index in [4.69, 9.17) is 11.6 Å². The molecule has 1 aliphatic heterocycles. The molecule has 1 unspecified atom stereocenters. The third kappa shape index (κ3) is 5.09. The molecule has 1 fully saturated rings. The summed E-state index contributed by atoms with van der Waals surface area (Å²) in [5.41, 5.74) is 0.716. The number of hydrogen-bond acceptors (Lipinski definition) is 3. The lowest BCUT2D eigenvalue weighted by Gasteiger charge is -2.33. The quantitative estimate of drug-likeness (QED) is 0.870. The van der Waals surface area contributed by atoms with Crippen molar-refractivity contribution < 1.29 is 13.5 Å². The number of hydrogen-bond donors (Lipinski definition) is 1. The summed E-state index contributed by atoms with van der Waals surface area (Å²) in [6.07, 6.45) is 2.32. The van der Waals surface area contributed by atoms with Crippen LogP contribution in [0.3, 0.4) is 0 Å². The maximum atomic E-state index is 12.5. The fraction of sp³-hybridized carbons (Fsp3) is 0.600. The SMILES string of the molecule is CNCC1CCCN(Cc2cc(Cl)ccc2OC(F)F)C1. The van der Waals surface area contributed by atoms with E-state index in [0.29, 0.717) is 23.0 Å². The molecular weight excluding hydrogens is 298 g/mol. The number of ether oxygens (including phenoxy) is 1. The molecule has 6 heteroatoms. The van der Waals surface area contributed by atoms with E-state index in [1.807, 2.05) is 7.05 Å². The molecule has 21 heavy (non-hydrogen) atoms. The average Bonchev–Trinajstić information content (AvgIpc) is 2.42. The highest BCUT2D eigenvalue weighted by atomic mass is 35.5. The largest absolute Gasteiger partial charge is 0.434 e. The van der Waals surface area contributed by atoms with Crippen molar-refractivity contribution in [2.75, 3.05) is 26.7 Å². The van der Waals surface area contributed by atoms with Crippen molar-refractivity contribution in [3.8, 4) is 5.75 Å². The standard InChI is InChI=1S/C15H21ClF2N2O/c1-19-8-11-3-2-6-20(9-11)10-12-7-13(16)4-5-14(12)21-15(17)18/h4-5,7,11,15,19H,2-3,6,8-10H2,1H3. The summed E-state index contributed by atoms with van der Waals surface area (Å²) in [5, 5.41) is 3.73. The van der Waals surface area contributed by atoms with Crippen LogP contribution in [0.25, 0.3) is 0 Å². The van der Waals surface area contributed by atoms with Crippen LogP contribution in [0.2, 0.25) is 5.02 Å². The fourth-order valence-electron chi connectivity index (χ4n) is 2.87. The zero-order valence-electron chi connectivity index (χ0n) is 12.1. The molecule has 1 aromatic rings. The van der Waals surface area contributed by atoms with Gasteiger partial charge in [0.25, 0.3) is 0 Å². The van der Waals surface area contributed by atoms with Gasteiger partial charge in [-0.2, -0.15) is 8.78 Å². The van der Waals surface area contributed by atoms with E-state index in [-0.39, 0.29) is 5.75 Å².